The summed E-state index contributed by atoms with van der Waals surface area (Å²) in [4.78, 5) is 14.9. The predicted octanol–water partition coefficient (Wildman–Crippen LogP) is 4.36. The van der Waals surface area contributed by atoms with Crippen molar-refractivity contribution in [1.82, 2.24) is 4.90 Å². The summed E-state index contributed by atoms with van der Waals surface area (Å²) in [6.07, 6.45) is 0. The Labute approximate surface area is 131 Å². The molecule has 0 fully saturated rings. The molecule has 108 valence electrons. The van der Waals surface area contributed by atoms with Gasteiger partial charge in [-0.05, 0) is 17.5 Å². The van der Waals surface area contributed by atoms with Crippen molar-refractivity contribution in [3.63, 3.8) is 0 Å². The van der Waals surface area contributed by atoms with Crippen LogP contribution in [0.5, 0.6) is 0 Å². The van der Waals surface area contributed by atoms with Gasteiger partial charge in [0.15, 0.2) is 0 Å². The highest BCUT2D eigenvalue weighted by atomic mass is 79.9. The number of anilines is 1. The molecule has 0 spiro atoms. The third kappa shape index (κ3) is 3.15. The molecule has 2 rings (SSSR count). The third-order valence-electron chi connectivity index (χ3n) is 2.94. The van der Waals surface area contributed by atoms with Crippen LogP contribution in [0.3, 0.4) is 0 Å². The van der Waals surface area contributed by atoms with Crippen LogP contribution in [0.4, 0.5) is 5.69 Å². The fourth-order valence-corrected chi connectivity index (χ4v) is 3.88. The second-order valence-electron chi connectivity index (χ2n) is 6.21. The number of hydrogen-bond acceptors (Lipinski definition) is 3. The summed E-state index contributed by atoms with van der Waals surface area (Å²) in [5, 5.41) is 0.950. The number of amides is 1. The number of carbonyl (C=O) groups is 1. The normalized spacial score (nSPS) is 11.8. The molecule has 1 aromatic carbocycles. The number of carbonyl (C=O) groups excluding carboxylic acids is 1. The van der Waals surface area contributed by atoms with Gasteiger partial charge in [-0.2, -0.15) is 0 Å². The van der Waals surface area contributed by atoms with Crippen LogP contribution in [0.15, 0.2) is 22.7 Å². The largest absolute Gasteiger partial charge is 0.397 e. The van der Waals surface area contributed by atoms with Crippen LogP contribution < -0.4 is 5.73 Å². The molecule has 1 aromatic heterocycles. The second-order valence-corrected chi connectivity index (χ2v) is 8.18. The van der Waals surface area contributed by atoms with E-state index in [1.807, 2.05) is 25.2 Å². The lowest BCUT2D eigenvalue weighted by atomic mass is 9.96. The van der Waals surface area contributed by atoms with E-state index < -0.39 is 0 Å². The Bertz CT molecular complexity index is 658. The van der Waals surface area contributed by atoms with Crippen molar-refractivity contribution in [1.29, 1.82) is 0 Å². The summed E-state index contributed by atoms with van der Waals surface area (Å²) in [6, 6.07) is 5.89. The van der Waals surface area contributed by atoms with Crippen molar-refractivity contribution < 1.29 is 4.79 Å². The summed E-state index contributed by atoms with van der Waals surface area (Å²) in [5.41, 5.74) is 6.79. The van der Waals surface area contributed by atoms with Gasteiger partial charge in [0.1, 0.15) is 4.88 Å². The zero-order valence-corrected chi connectivity index (χ0v) is 14.6. The Morgan fingerprint density at radius 3 is 2.65 bits per heavy atom. The number of fused-ring (bicyclic) bond motifs is 1. The van der Waals surface area contributed by atoms with Crippen molar-refractivity contribution in [2.75, 3.05) is 19.3 Å². The topological polar surface area (TPSA) is 46.3 Å². The van der Waals surface area contributed by atoms with Gasteiger partial charge < -0.3 is 10.6 Å². The second kappa shape index (κ2) is 5.37. The molecule has 3 nitrogen and oxygen atoms in total. The van der Waals surface area contributed by atoms with Gasteiger partial charge in [0.2, 0.25) is 0 Å². The van der Waals surface area contributed by atoms with Gasteiger partial charge in [-0.1, -0.05) is 42.8 Å². The number of halogens is 1. The lowest BCUT2D eigenvalue weighted by Crippen LogP contribution is -2.34. The van der Waals surface area contributed by atoms with Crippen molar-refractivity contribution in [3.05, 3.63) is 27.5 Å². The van der Waals surface area contributed by atoms with Crippen LogP contribution >= 0.6 is 27.3 Å². The van der Waals surface area contributed by atoms with Crippen LogP contribution in [0.25, 0.3) is 10.1 Å². The van der Waals surface area contributed by atoms with Crippen LogP contribution in [0, 0.1) is 5.41 Å². The Morgan fingerprint density at radius 1 is 1.40 bits per heavy atom. The fourth-order valence-electron chi connectivity index (χ4n) is 2.21. The Hall–Kier alpha value is -1.07. The smallest absolute Gasteiger partial charge is 0.265 e. The monoisotopic (exact) mass is 354 g/mol. The molecule has 0 aliphatic rings. The first-order chi connectivity index (χ1) is 9.19. The maximum atomic E-state index is 12.5. The number of hydrogen-bond donors (Lipinski definition) is 1. The van der Waals surface area contributed by atoms with Crippen molar-refractivity contribution in [2.45, 2.75) is 20.8 Å². The summed E-state index contributed by atoms with van der Waals surface area (Å²) in [6.45, 7) is 7.04. The minimum atomic E-state index is -0.00486. The van der Waals surface area contributed by atoms with Crippen LogP contribution in [-0.4, -0.2) is 24.4 Å². The SMILES string of the molecule is CN(CC(C)(C)C)C(=O)c1sc2cc(Br)ccc2c1N. The molecular weight excluding hydrogens is 336 g/mol. The zero-order chi connectivity index (χ0) is 15.1. The molecule has 1 amide bonds. The van der Waals surface area contributed by atoms with E-state index in [1.54, 1.807) is 4.90 Å². The number of nitrogens with two attached hydrogens (primary N) is 1. The van der Waals surface area contributed by atoms with Gasteiger partial charge in [-0.15, -0.1) is 11.3 Å². The highest BCUT2D eigenvalue weighted by molar-refractivity contribution is 9.10. The van der Waals surface area contributed by atoms with Crippen molar-refractivity contribution in [2.24, 2.45) is 5.41 Å². The molecule has 0 aliphatic heterocycles. The molecule has 0 aliphatic carbocycles. The highest BCUT2D eigenvalue weighted by Gasteiger charge is 2.23. The van der Waals surface area contributed by atoms with E-state index in [1.165, 1.54) is 11.3 Å². The quantitative estimate of drug-likeness (QED) is 0.870. The van der Waals surface area contributed by atoms with Gasteiger partial charge >= 0.3 is 0 Å². The fraction of sp³-hybridized carbons (Fsp3) is 0.400. The molecule has 0 bridgehead atoms. The van der Waals surface area contributed by atoms with Gasteiger partial charge in [-0.3, -0.25) is 4.79 Å². The summed E-state index contributed by atoms with van der Waals surface area (Å²) >= 11 is 4.90. The average Bonchev–Trinajstić information content (AvgIpc) is 2.63. The van der Waals surface area contributed by atoms with E-state index in [4.69, 9.17) is 5.73 Å². The van der Waals surface area contributed by atoms with Gasteiger partial charge in [0.25, 0.3) is 5.91 Å². The van der Waals surface area contributed by atoms with Gasteiger partial charge in [0.05, 0.1) is 5.69 Å². The van der Waals surface area contributed by atoms with E-state index in [0.29, 0.717) is 17.1 Å². The summed E-state index contributed by atoms with van der Waals surface area (Å²) in [7, 11) is 1.83. The van der Waals surface area contributed by atoms with Crippen LogP contribution in [0.1, 0.15) is 30.4 Å². The Kier molecular flexibility index (Phi) is 4.12. The van der Waals surface area contributed by atoms with Crippen molar-refractivity contribution in [3.8, 4) is 0 Å². The minimum absolute atomic E-state index is 0.00486. The minimum Gasteiger partial charge on any atom is -0.397 e. The molecule has 0 saturated carbocycles. The third-order valence-corrected chi connectivity index (χ3v) is 4.59. The molecule has 0 radical (unpaired) electrons. The first kappa shape index (κ1) is 15.3. The standard InChI is InChI=1S/C15H19BrN2OS/c1-15(2,3)8-18(4)14(19)13-12(17)10-6-5-9(16)7-11(10)20-13/h5-7H,8,17H2,1-4H3. The maximum absolute atomic E-state index is 12.5. The number of thiophene rings is 1. The molecule has 0 atom stereocenters. The molecule has 2 N–H and O–H groups in total. The molecule has 20 heavy (non-hydrogen) atoms. The molecular formula is C15H19BrN2OS. The Morgan fingerprint density at radius 2 is 2.05 bits per heavy atom. The molecule has 1 heterocycles. The highest BCUT2D eigenvalue weighted by Crippen LogP contribution is 2.36. The zero-order valence-electron chi connectivity index (χ0n) is 12.2. The lowest BCUT2D eigenvalue weighted by molar-refractivity contribution is 0.0751. The van der Waals surface area contributed by atoms with Crippen LogP contribution in [0.2, 0.25) is 0 Å². The summed E-state index contributed by atoms with van der Waals surface area (Å²) in [5.74, 6) is -0.00486. The van der Waals surface area contributed by atoms with Crippen LogP contribution in [-0.2, 0) is 0 Å². The van der Waals surface area contributed by atoms with E-state index in [0.717, 1.165) is 14.6 Å². The molecule has 5 heteroatoms. The predicted molar refractivity (Wildman–Crippen MR) is 90.4 cm³/mol. The van der Waals surface area contributed by atoms with E-state index in [-0.39, 0.29) is 11.3 Å². The average molecular weight is 355 g/mol. The van der Waals surface area contributed by atoms with E-state index in [2.05, 4.69) is 36.7 Å². The first-order valence-corrected chi connectivity index (χ1v) is 8.03. The molecule has 0 unspecified atom stereocenters. The number of rotatable bonds is 2. The van der Waals surface area contributed by atoms with E-state index >= 15 is 0 Å². The first-order valence-electron chi connectivity index (χ1n) is 6.42. The Balaban J connectivity index is 2.37. The maximum Gasteiger partial charge on any atom is 0.265 e. The summed E-state index contributed by atoms with van der Waals surface area (Å²) < 4.78 is 2.03. The van der Waals surface area contributed by atoms with E-state index in [9.17, 15) is 4.79 Å². The van der Waals surface area contributed by atoms with Gasteiger partial charge in [-0.25, -0.2) is 0 Å². The van der Waals surface area contributed by atoms with Gasteiger partial charge in [0, 0.05) is 28.2 Å². The number of nitrogens with zero attached hydrogens (tertiary/aromatic N) is 1. The molecule has 2 aromatic rings. The number of benzene rings is 1. The number of nitrogen functional groups attached to an aromatic ring is 1. The lowest BCUT2D eigenvalue weighted by Gasteiger charge is -2.26. The molecule has 0 saturated heterocycles. The van der Waals surface area contributed by atoms with Crippen molar-refractivity contribution >= 4 is 48.9 Å².